The Labute approximate surface area is 88.1 Å². The molecule has 0 unspecified atom stereocenters. The van der Waals surface area contributed by atoms with Gasteiger partial charge in [-0.15, -0.1) is 6.07 Å². The van der Waals surface area contributed by atoms with Gasteiger partial charge in [-0.3, -0.25) is 8.78 Å². The predicted molar refractivity (Wildman–Crippen MR) is 45.6 cm³/mol. The molecule has 88 valence electrons. The molecule has 7 heteroatoms. The Balaban J connectivity index is 0.00000256. The van der Waals surface area contributed by atoms with Crippen molar-refractivity contribution < 1.29 is 27.1 Å². The second-order valence-corrected chi connectivity index (χ2v) is 2.88. The van der Waals surface area contributed by atoms with Gasteiger partial charge in [-0.25, -0.2) is 13.6 Å². The molecular weight excluding hydrogens is 497 g/mol. The third kappa shape index (κ3) is 2.58. The Bertz CT molecular complexity index is 448. The molecule has 0 aliphatic heterocycles. The van der Waals surface area contributed by atoms with E-state index in [1.165, 1.54) is 6.92 Å². The molecule has 0 saturated heterocycles. The number of benzene rings is 1. The molecule has 0 aliphatic carbocycles. The van der Waals surface area contributed by atoms with Crippen molar-refractivity contribution in [1.82, 2.24) is 0 Å². The van der Waals surface area contributed by atoms with E-state index in [0.717, 1.165) is 6.07 Å². The third-order valence-electron chi connectivity index (χ3n) is 1.55. The van der Waals surface area contributed by atoms with Crippen molar-refractivity contribution in [1.29, 1.82) is 0 Å². The summed E-state index contributed by atoms with van der Waals surface area (Å²) in [7, 11) is 0. The van der Waals surface area contributed by atoms with Crippen LogP contribution in [0.2, 0.25) is 0 Å². The minimum Gasteiger partial charge on any atom is -0.444 e. The molecule has 0 aliphatic rings. The van der Waals surface area contributed by atoms with E-state index in [1.807, 2.05) is 0 Å². The van der Waals surface area contributed by atoms with Gasteiger partial charge in [0.05, 0.1) is 29.0 Å². The number of hydrogen-bond acceptors (Lipinski definition) is 2. The zero-order valence-electron chi connectivity index (χ0n) is 8.74. The number of carbonyl (C=O) groups is 1. The smallest absolute Gasteiger partial charge is 0.336 e. The molecule has 0 amide bonds. The monoisotopic (exact) mass is 504 g/mol. The zero-order chi connectivity index (χ0) is 12.5. The Kier molecular flexibility index (Phi) is 3.98. The molecule has 0 radical (unpaired) electrons. The molecule has 0 bridgehead atoms. The van der Waals surface area contributed by atoms with E-state index in [9.17, 15) is 22.4 Å². The van der Waals surface area contributed by atoms with Gasteiger partial charge in [0.15, 0.2) is 0 Å². The minimum atomic E-state index is -1.83. The second-order valence-electron chi connectivity index (χ2n) is 2.88. The van der Waals surface area contributed by atoms with Crippen molar-refractivity contribution in [3.8, 4) is 5.75 Å². The van der Waals surface area contributed by atoms with E-state index in [0.29, 0.717) is 0 Å². The number of ether oxygens (including phenoxy) is 1. The Morgan fingerprint density at radius 1 is 1.18 bits per heavy atom. The van der Waals surface area contributed by atoms with Crippen molar-refractivity contribution in [2.75, 3.05) is 0 Å². The normalized spacial score (nSPS) is 9.47. The molecule has 2 nitrogen and oxygen atoms in total. The van der Waals surface area contributed by atoms with Crippen LogP contribution in [0.4, 0.5) is 17.6 Å². The maximum Gasteiger partial charge on any atom is 0.336 e. The van der Waals surface area contributed by atoms with Crippen LogP contribution in [-0.4, -0.2) is 5.97 Å². The number of hydrogen-bond donors (Lipinski definition) is 0. The minimum absolute atomic E-state index is 0. The SMILES string of the molecule is C=C(C)C(=O)Oc1c(F)c(F)[c-]c(F)c1F.[Sg]. The first-order chi connectivity index (χ1) is 7.34. The summed E-state index contributed by atoms with van der Waals surface area (Å²) in [5.41, 5.74) is -0.174. The third-order valence-corrected chi connectivity index (χ3v) is 1.55. The summed E-state index contributed by atoms with van der Waals surface area (Å²) >= 11 is 0. The van der Waals surface area contributed by atoms with Gasteiger partial charge in [-0.1, -0.05) is 6.58 Å². The van der Waals surface area contributed by atoms with Crippen molar-refractivity contribution in [3.63, 3.8) is 0 Å². The Hall–Kier alpha value is -2.85. The number of carbonyl (C=O) groups excluding carboxylic acids is 1. The van der Waals surface area contributed by atoms with Gasteiger partial charge in [0, 0.05) is 5.57 Å². The maximum atomic E-state index is 12.9. The molecule has 0 spiro atoms. The first-order valence-corrected chi connectivity index (χ1v) is 3.97. The van der Waals surface area contributed by atoms with Crippen LogP contribution >= 0.6 is 0 Å². The average molecular weight is 502 g/mol. The van der Waals surface area contributed by atoms with Gasteiger partial charge in [0.1, 0.15) is 0 Å². The van der Waals surface area contributed by atoms with Crippen molar-refractivity contribution in [2.24, 2.45) is 0 Å². The molecule has 1 rings (SSSR count). The first-order valence-electron chi connectivity index (χ1n) is 3.97. The first kappa shape index (κ1) is 14.1. The molecule has 0 heterocycles. The Morgan fingerprint density at radius 3 is 1.94 bits per heavy atom. The fraction of sp³-hybridized carbons (Fsp3) is 0.100. The van der Waals surface area contributed by atoms with Crippen molar-refractivity contribution in [3.05, 3.63) is 41.5 Å². The van der Waals surface area contributed by atoms with Crippen LogP contribution in [0.15, 0.2) is 12.2 Å². The summed E-state index contributed by atoms with van der Waals surface area (Å²) in [5.74, 6) is -9.83. The molecule has 0 atom stereocenters. The van der Waals surface area contributed by atoms with Crippen LogP contribution in [0, 0.1) is 29.3 Å². The van der Waals surface area contributed by atoms with Gasteiger partial charge < -0.3 is 4.74 Å². The van der Waals surface area contributed by atoms with Crippen LogP contribution in [0.5, 0.6) is 5.75 Å². The molecule has 1 aromatic carbocycles. The number of esters is 1. The average Bonchev–Trinajstić information content (AvgIpc) is 2.21. The Morgan fingerprint density at radius 2 is 1.59 bits per heavy atom. The molecular formula is C10H5F4O2Sg-. The molecule has 0 aromatic heterocycles. The predicted octanol–water partition coefficient (Wildman–Crippen LogP) is 2.52. The maximum absolute atomic E-state index is 12.9. The van der Waals surface area contributed by atoms with E-state index in [1.54, 1.807) is 0 Å². The molecule has 0 N–H and O–H groups in total. The summed E-state index contributed by atoms with van der Waals surface area (Å²) in [5, 5.41) is 0. The zero-order valence-corrected chi connectivity index (χ0v) is 15.2. The van der Waals surface area contributed by atoms with E-state index in [-0.39, 0.29) is 5.57 Å². The summed E-state index contributed by atoms with van der Waals surface area (Å²) in [4.78, 5) is 10.9. The topological polar surface area (TPSA) is 26.3 Å². The van der Waals surface area contributed by atoms with Crippen LogP contribution in [0.3, 0.4) is 0 Å². The summed E-state index contributed by atoms with van der Waals surface area (Å²) in [6, 6.07) is 1.15. The standard InChI is InChI=1S/C10H5F4O2.Sg/c1-4(2)10(15)16-9-7(13)5(11)3-6(12)8(9)14;/h1H2,2H3;/q-1;. The summed E-state index contributed by atoms with van der Waals surface area (Å²) in [6.07, 6.45) is 0. The van der Waals surface area contributed by atoms with Gasteiger partial charge in [0.2, 0.25) is 0 Å². The van der Waals surface area contributed by atoms with Crippen LogP contribution in [-0.2, 0) is 4.79 Å². The fourth-order valence-electron chi connectivity index (χ4n) is 0.771. The number of rotatable bonds is 2. The second kappa shape index (κ2) is 4.78. The summed E-state index contributed by atoms with van der Waals surface area (Å²) < 4.78 is 55.2. The van der Waals surface area contributed by atoms with Crippen molar-refractivity contribution in [2.45, 2.75) is 6.92 Å². The van der Waals surface area contributed by atoms with E-state index in [2.05, 4.69) is 11.3 Å². The van der Waals surface area contributed by atoms with Gasteiger partial charge in [-0.2, -0.15) is 0 Å². The number of halogens is 4. The summed E-state index contributed by atoms with van der Waals surface area (Å²) in [6.45, 7) is 4.35. The molecule has 17 heavy (non-hydrogen) atoms. The molecule has 0 fully saturated rings. The van der Waals surface area contributed by atoms with Crippen LogP contribution < -0.4 is 4.74 Å². The van der Waals surface area contributed by atoms with E-state index in [4.69, 9.17) is 0 Å². The van der Waals surface area contributed by atoms with Gasteiger partial charge in [-0.05, 0) is 6.92 Å². The van der Waals surface area contributed by atoms with Crippen LogP contribution in [0.1, 0.15) is 6.92 Å². The molecule has 0 saturated carbocycles. The van der Waals surface area contributed by atoms with E-state index >= 15 is 0 Å². The van der Waals surface area contributed by atoms with Crippen LogP contribution in [0.25, 0.3) is 0 Å². The van der Waals surface area contributed by atoms with Crippen molar-refractivity contribution >= 4 is 5.97 Å². The fourth-order valence-corrected chi connectivity index (χ4v) is 0.771. The van der Waals surface area contributed by atoms with Gasteiger partial charge in [0.25, 0.3) is 0 Å². The van der Waals surface area contributed by atoms with E-state index < -0.39 is 35.0 Å². The largest absolute Gasteiger partial charge is 0.444 e. The molecule has 1 aromatic rings. The quantitative estimate of drug-likeness (QED) is 0.155. The van der Waals surface area contributed by atoms with Gasteiger partial charge >= 0.3 is 5.97 Å².